The highest BCUT2D eigenvalue weighted by atomic mass is 16.7. The van der Waals surface area contributed by atoms with Crippen LogP contribution < -0.4 is 0 Å². The second kappa shape index (κ2) is 12.5. The molecule has 5 aliphatic carbocycles. The summed E-state index contributed by atoms with van der Waals surface area (Å²) in [6.45, 7) is 19.8. The average Bonchev–Trinajstić information content (AvgIpc) is 3.44. The topological polar surface area (TPSA) is 146 Å². The number of carboxylic acids is 1. The summed E-state index contributed by atoms with van der Waals surface area (Å²) in [6.07, 6.45) is 3.06. The number of carbonyl (C=O) groups excluding carboxylic acids is 1. The SMILES string of the molecule is C=C(C)[C@@H]1CC[C@]2(C(=O)O)CC[C@]3(C)C(CCC4[C@@]5(C)CC[C@H](OC(=O)CN(OC)C6O[C@@H](C)[C@H](O)[C@@H](O)[C@H]6O)C(C)(C)C5CC[C@]43C)C12. The molecule has 15 atom stereocenters. The third-order valence-electron chi connectivity index (χ3n) is 16.3. The summed E-state index contributed by atoms with van der Waals surface area (Å²) in [5.74, 6) is 0.558. The number of hydrogen-bond acceptors (Lipinski definition) is 9. The maximum atomic E-state index is 13.5. The first-order valence-electron chi connectivity index (χ1n) is 18.9. The highest BCUT2D eigenvalue weighted by molar-refractivity contribution is 5.76. The second-order valence-corrected chi connectivity index (χ2v) is 18.4. The van der Waals surface area contributed by atoms with E-state index in [-0.39, 0.29) is 46.1 Å². The first kappa shape index (κ1) is 37.2. The number of ether oxygens (including phenoxy) is 2. The van der Waals surface area contributed by atoms with Gasteiger partial charge in [0.1, 0.15) is 31.0 Å². The van der Waals surface area contributed by atoms with Crippen molar-refractivity contribution in [2.24, 2.45) is 56.7 Å². The smallest absolute Gasteiger partial charge is 0.323 e. The van der Waals surface area contributed by atoms with Crippen molar-refractivity contribution in [3.63, 3.8) is 0 Å². The molecule has 0 aromatic carbocycles. The summed E-state index contributed by atoms with van der Waals surface area (Å²) in [6, 6.07) is 0. The van der Waals surface area contributed by atoms with Crippen LogP contribution in [0.3, 0.4) is 0 Å². The van der Waals surface area contributed by atoms with Crippen LogP contribution in [0.15, 0.2) is 12.2 Å². The third-order valence-corrected chi connectivity index (χ3v) is 16.3. The van der Waals surface area contributed by atoms with Crippen LogP contribution in [-0.2, 0) is 23.9 Å². The molecule has 278 valence electrons. The molecule has 0 bridgehead atoms. The van der Waals surface area contributed by atoms with Crippen LogP contribution in [0.5, 0.6) is 0 Å². The highest BCUT2D eigenvalue weighted by Crippen LogP contribution is 2.77. The van der Waals surface area contributed by atoms with Gasteiger partial charge in [0.25, 0.3) is 0 Å². The molecule has 5 saturated carbocycles. The number of aliphatic hydroxyl groups excluding tert-OH is 3. The molecule has 10 heteroatoms. The molecular weight excluding hydrogens is 626 g/mol. The lowest BCUT2D eigenvalue weighted by molar-refractivity contribution is -0.321. The molecule has 6 fully saturated rings. The second-order valence-electron chi connectivity index (χ2n) is 18.4. The lowest BCUT2D eigenvalue weighted by Gasteiger charge is -2.72. The summed E-state index contributed by atoms with van der Waals surface area (Å²) < 4.78 is 12.0. The molecule has 10 nitrogen and oxygen atoms in total. The number of carbonyl (C=O) groups is 2. The number of rotatable bonds is 7. The molecule has 0 spiro atoms. The molecule has 6 rings (SSSR count). The van der Waals surface area contributed by atoms with E-state index in [2.05, 4.69) is 48.1 Å². The van der Waals surface area contributed by atoms with E-state index in [0.717, 1.165) is 69.8 Å². The summed E-state index contributed by atoms with van der Waals surface area (Å²) >= 11 is 0. The molecule has 1 saturated heterocycles. The van der Waals surface area contributed by atoms with E-state index in [1.807, 2.05) is 0 Å². The van der Waals surface area contributed by atoms with Gasteiger partial charge < -0.3 is 29.9 Å². The van der Waals surface area contributed by atoms with E-state index in [1.54, 1.807) is 6.92 Å². The number of carboxylic acid groups (broad SMARTS) is 1. The van der Waals surface area contributed by atoms with Gasteiger partial charge in [-0.25, -0.2) is 0 Å². The Morgan fingerprint density at radius 2 is 1.55 bits per heavy atom. The van der Waals surface area contributed by atoms with Gasteiger partial charge in [0, 0.05) is 5.41 Å². The summed E-state index contributed by atoms with van der Waals surface area (Å²) in [4.78, 5) is 31.9. The molecule has 4 N–H and O–H groups in total. The van der Waals surface area contributed by atoms with Gasteiger partial charge in [0.05, 0.1) is 18.6 Å². The maximum Gasteiger partial charge on any atom is 0.323 e. The zero-order chi connectivity index (χ0) is 36.1. The van der Waals surface area contributed by atoms with Gasteiger partial charge in [0.2, 0.25) is 0 Å². The summed E-state index contributed by atoms with van der Waals surface area (Å²) in [5, 5.41) is 42.9. The van der Waals surface area contributed by atoms with E-state index in [1.165, 1.54) is 12.2 Å². The zero-order valence-electron chi connectivity index (χ0n) is 31.1. The quantitative estimate of drug-likeness (QED) is 0.157. The summed E-state index contributed by atoms with van der Waals surface area (Å²) in [7, 11) is 1.37. The van der Waals surface area contributed by atoms with Crippen LogP contribution in [-0.4, -0.2) is 87.8 Å². The molecule has 0 aromatic rings. The van der Waals surface area contributed by atoms with Crippen LogP contribution in [0.25, 0.3) is 0 Å². The largest absolute Gasteiger partial charge is 0.481 e. The van der Waals surface area contributed by atoms with E-state index in [9.17, 15) is 30.0 Å². The molecule has 49 heavy (non-hydrogen) atoms. The highest BCUT2D eigenvalue weighted by Gasteiger charge is 2.72. The molecule has 0 aromatic heterocycles. The van der Waals surface area contributed by atoms with Gasteiger partial charge in [-0.2, -0.15) is 0 Å². The molecular formula is C39H63NO9. The van der Waals surface area contributed by atoms with Crippen molar-refractivity contribution < 1.29 is 44.3 Å². The zero-order valence-corrected chi connectivity index (χ0v) is 31.1. The Morgan fingerprint density at radius 3 is 2.18 bits per heavy atom. The van der Waals surface area contributed by atoms with Crippen molar-refractivity contribution in [3.8, 4) is 0 Å². The Balaban J connectivity index is 1.19. The molecule has 0 radical (unpaired) electrons. The third kappa shape index (κ3) is 5.31. The van der Waals surface area contributed by atoms with Crippen LogP contribution in [0.4, 0.5) is 0 Å². The molecule has 1 aliphatic heterocycles. The van der Waals surface area contributed by atoms with E-state index in [0.29, 0.717) is 17.8 Å². The minimum atomic E-state index is -1.47. The normalized spacial score (nSPS) is 50.4. The van der Waals surface area contributed by atoms with Crippen molar-refractivity contribution >= 4 is 11.9 Å². The van der Waals surface area contributed by atoms with Crippen LogP contribution >= 0.6 is 0 Å². The number of aliphatic carboxylic acids is 1. The van der Waals surface area contributed by atoms with Gasteiger partial charge in [-0.05, 0) is 124 Å². The number of aliphatic hydroxyl groups is 3. The standard InChI is InChI=1S/C39H63NO9/c1-21(2)23-12-17-39(34(45)46)19-18-37(7)24(29(23)39)10-11-26-36(6)15-14-27(35(4,5)25(36)13-16-38(26,37)8)49-28(41)20-40(47-9)33-32(44)31(43)30(42)22(3)48-33/h22-27,29-33,42-44H,1,10-20H2,2-9H3,(H,45,46)/t22-,23-,24?,25?,26?,27-,29?,30-,31+,32+,33?,36-,37+,38+,39-/m0/s1. The fourth-order valence-electron chi connectivity index (χ4n) is 13.5. The van der Waals surface area contributed by atoms with Crippen molar-refractivity contribution in [1.29, 1.82) is 0 Å². The van der Waals surface area contributed by atoms with E-state index >= 15 is 0 Å². The Hall–Kier alpha value is -1.56. The number of esters is 1. The van der Waals surface area contributed by atoms with Gasteiger partial charge in [0.15, 0.2) is 6.23 Å². The lowest BCUT2D eigenvalue weighted by Crippen LogP contribution is -2.67. The molecule has 5 unspecified atom stereocenters. The van der Waals surface area contributed by atoms with Gasteiger partial charge >= 0.3 is 11.9 Å². The minimum absolute atomic E-state index is 0.0511. The Morgan fingerprint density at radius 1 is 0.857 bits per heavy atom. The average molecular weight is 690 g/mol. The fraction of sp³-hybridized carbons (Fsp3) is 0.897. The number of hydroxylamine groups is 2. The fourth-order valence-corrected chi connectivity index (χ4v) is 13.5. The number of allylic oxidation sites excluding steroid dienone is 1. The van der Waals surface area contributed by atoms with Crippen LogP contribution in [0.1, 0.15) is 113 Å². The van der Waals surface area contributed by atoms with Crippen molar-refractivity contribution in [3.05, 3.63) is 12.2 Å². The van der Waals surface area contributed by atoms with Gasteiger partial charge in [-0.1, -0.05) is 46.8 Å². The molecule has 6 aliphatic rings. The number of nitrogens with zero attached hydrogens (tertiary/aromatic N) is 1. The minimum Gasteiger partial charge on any atom is -0.481 e. The lowest BCUT2D eigenvalue weighted by atomic mass is 9.32. The number of fused-ring (bicyclic) bond motifs is 7. The van der Waals surface area contributed by atoms with Gasteiger partial charge in [-0.15, -0.1) is 5.06 Å². The van der Waals surface area contributed by atoms with Crippen molar-refractivity contribution in [2.75, 3.05) is 13.7 Å². The Bertz CT molecular complexity index is 1320. The van der Waals surface area contributed by atoms with Gasteiger partial charge in [-0.3, -0.25) is 14.4 Å². The van der Waals surface area contributed by atoms with Crippen molar-refractivity contribution in [2.45, 2.75) is 149 Å². The number of hydrogen-bond donors (Lipinski definition) is 4. The van der Waals surface area contributed by atoms with Crippen LogP contribution in [0.2, 0.25) is 0 Å². The summed E-state index contributed by atoms with van der Waals surface area (Å²) in [5.41, 5.74) is 0.441. The van der Waals surface area contributed by atoms with Crippen LogP contribution in [0, 0.1) is 56.7 Å². The predicted octanol–water partition coefficient (Wildman–Crippen LogP) is 5.33. The first-order chi connectivity index (χ1) is 22.8. The first-order valence-corrected chi connectivity index (χ1v) is 18.9. The van der Waals surface area contributed by atoms with E-state index in [4.69, 9.17) is 14.3 Å². The predicted molar refractivity (Wildman–Crippen MR) is 183 cm³/mol. The van der Waals surface area contributed by atoms with Crippen molar-refractivity contribution in [1.82, 2.24) is 5.06 Å². The van der Waals surface area contributed by atoms with E-state index < -0.39 is 48.0 Å². The maximum absolute atomic E-state index is 13.5. The monoisotopic (exact) mass is 689 g/mol. The molecule has 0 amide bonds. The Labute approximate surface area is 292 Å². The Kier molecular flexibility index (Phi) is 9.52. The molecule has 1 heterocycles.